The summed E-state index contributed by atoms with van der Waals surface area (Å²) >= 11 is 0. The van der Waals surface area contributed by atoms with Gasteiger partial charge in [-0.05, 0) is 23.3 Å². The van der Waals surface area contributed by atoms with Crippen molar-refractivity contribution in [2.24, 2.45) is 0 Å². The molecule has 0 saturated heterocycles. The van der Waals surface area contributed by atoms with Gasteiger partial charge in [-0.25, -0.2) is 4.99 Å². The lowest BCUT2D eigenvalue weighted by molar-refractivity contribution is -0.344. The summed E-state index contributed by atoms with van der Waals surface area (Å²) in [6.07, 6.45) is 3.37. The molecule has 82 valence electrons. The molecule has 0 fully saturated rings. The highest BCUT2D eigenvalue weighted by atomic mass is 35.5. The number of nitrogens with one attached hydrogen (secondary N) is 1. The minimum Gasteiger partial charge on any atom is -1.00 e. The maximum absolute atomic E-state index is 3.37. The molecule has 1 aliphatic rings. The lowest BCUT2D eigenvalue weighted by Gasteiger charge is -2.06. The Hall–Kier alpha value is -1.34. The van der Waals surface area contributed by atoms with Crippen molar-refractivity contribution in [2.45, 2.75) is 19.3 Å². The van der Waals surface area contributed by atoms with Gasteiger partial charge < -0.3 is 12.4 Å². The van der Waals surface area contributed by atoms with E-state index in [0.717, 1.165) is 6.42 Å². The number of hydrogen-bond donors (Lipinski definition) is 1. The summed E-state index contributed by atoms with van der Waals surface area (Å²) in [7, 11) is 0. The predicted octanol–water partition coefficient (Wildman–Crippen LogP) is -0.866. The maximum Gasteiger partial charge on any atom is 0.207 e. The Morgan fingerprint density at radius 3 is 2.75 bits per heavy atom. The predicted molar refractivity (Wildman–Crippen MR) is 63.7 cm³/mol. The Bertz CT molecular complexity index is 545. The molecular formula is C14H14ClN. The largest absolute Gasteiger partial charge is 1.00 e. The first-order valence-corrected chi connectivity index (χ1v) is 5.51. The fourth-order valence-corrected chi connectivity index (χ4v) is 2.42. The van der Waals surface area contributed by atoms with Crippen LogP contribution in [-0.2, 0) is 0 Å². The van der Waals surface area contributed by atoms with Crippen molar-refractivity contribution in [3.63, 3.8) is 0 Å². The minimum absolute atomic E-state index is 0. The van der Waals surface area contributed by atoms with Crippen molar-refractivity contribution < 1.29 is 17.4 Å². The molecule has 1 aliphatic heterocycles. The first-order chi connectivity index (χ1) is 7.40. The van der Waals surface area contributed by atoms with Gasteiger partial charge in [0.15, 0.2) is 6.21 Å². The molecule has 2 heteroatoms. The van der Waals surface area contributed by atoms with Crippen LogP contribution in [0.2, 0.25) is 0 Å². The molecule has 1 N–H and O–H groups in total. The normalized spacial score (nSPS) is 17.2. The first-order valence-electron chi connectivity index (χ1n) is 5.51. The third kappa shape index (κ3) is 1.52. The van der Waals surface area contributed by atoms with Gasteiger partial charge in [0.05, 0.1) is 5.92 Å². The minimum atomic E-state index is 0. The average molecular weight is 232 g/mol. The Kier molecular flexibility index (Phi) is 2.97. The highest BCUT2D eigenvalue weighted by Crippen LogP contribution is 2.32. The van der Waals surface area contributed by atoms with Crippen LogP contribution < -0.4 is 17.4 Å². The van der Waals surface area contributed by atoms with Gasteiger partial charge >= 0.3 is 0 Å². The number of halogens is 1. The van der Waals surface area contributed by atoms with Crippen molar-refractivity contribution in [2.75, 3.05) is 0 Å². The second-order valence-corrected chi connectivity index (χ2v) is 4.07. The van der Waals surface area contributed by atoms with Gasteiger partial charge in [-0.1, -0.05) is 31.2 Å². The van der Waals surface area contributed by atoms with Crippen molar-refractivity contribution in [3.05, 3.63) is 42.0 Å². The second-order valence-electron chi connectivity index (χ2n) is 4.07. The zero-order valence-electron chi connectivity index (χ0n) is 9.20. The van der Waals surface area contributed by atoms with Gasteiger partial charge in [0.1, 0.15) is 0 Å². The highest BCUT2D eigenvalue weighted by Gasteiger charge is 2.24. The van der Waals surface area contributed by atoms with Crippen molar-refractivity contribution in [1.29, 1.82) is 0 Å². The molecule has 2 aromatic rings. The SMILES string of the molecule is CCC1C=[NH+]c2ccc3ccccc3c21.[Cl-]. The molecule has 1 atom stereocenters. The Balaban J connectivity index is 0.000000963. The summed E-state index contributed by atoms with van der Waals surface area (Å²) in [5, 5.41) is 2.73. The zero-order valence-corrected chi connectivity index (χ0v) is 9.96. The molecule has 3 rings (SSSR count). The van der Waals surface area contributed by atoms with Gasteiger partial charge in [0.2, 0.25) is 5.69 Å². The van der Waals surface area contributed by atoms with E-state index in [2.05, 4.69) is 54.5 Å². The highest BCUT2D eigenvalue weighted by molar-refractivity contribution is 5.93. The number of rotatable bonds is 1. The van der Waals surface area contributed by atoms with Gasteiger partial charge in [0.25, 0.3) is 0 Å². The van der Waals surface area contributed by atoms with Gasteiger partial charge in [-0.3, -0.25) is 0 Å². The van der Waals surface area contributed by atoms with E-state index in [-0.39, 0.29) is 12.4 Å². The quantitative estimate of drug-likeness (QED) is 0.657. The monoisotopic (exact) mass is 231 g/mol. The van der Waals surface area contributed by atoms with E-state index in [1.807, 2.05) is 0 Å². The van der Waals surface area contributed by atoms with E-state index in [9.17, 15) is 0 Å². The van der Waals surface area contributed by atoms with E-state index >= 15 is 0 Å². The molecule has 0 spiro atoms. The van der Waals surface area contributed by atoms with Crippen LogP contribution in [-0.4, -0.2) is 6.21 Å². The molecule has 0 bridgehead atoms. The van der Waals surface area contributed by atoms with Crippen LogP contribution in [0.4, 0.5) is 5.69 Å². The molecule has 0 aromatic heterocycles. The van der Waals surface area contributed by atoms with Crippen LogP contribution in [0.3, 0.4) is 0 Å². The number of benzene rings is 2. The molecule has 0 saturated carbocycles. The van der Waals surface area contributed by atoms with Gasteiger partial charge in [-0.2, -0.15) is 0 Å². The van der Waals surface area contributed by atoms with Gasteiger partial charge in [-0.15, -0.1) is 0 Å². The van der Waals surface area contributed by atoms with Crippen LogP contribution in [0.1, 0.15) is 24.8 Å². The van der Waals surface area contributed by atoms with Crippen LogP contribution in [0.15, 0.2) is 36.4 Å². The molecule has 0 radical (unpaired) electrons. The number of hydrogen-bond acceptors (Lipinski definition) is 0. The summed E-state index contributed by atoms with van der Waals surface area (Å²) in [5.41, 5.74) is 2.75. The topological polar surface area (TPSA) is 14.0 Å². The fourth-order valence-electron chi connectivity index (χ4n) is 2.42. The lowest BCUT2D eigenvalue weighted by atomic mass is 9.93. The summed E-state index contributed by atoms with van der Waals surface area (Å²) in [4.78, 5) is 3.37. The molecule has 16 heavy (non-hydrogen) atoms. The fraction of sp³-hybridized carbons (Fsp3) is 0.214. The molecule has 0 aliphatic carbocycles. The molecule has 0 amide bonds. The first kappa shape index (κ1) is 11.2. The van der Waals surface area contributed by atoms with E-state index in [0.29, 0.717) is 5.92 Å². The van der Waals surface area contributed by atoms with Gasteiger partial charge in [0, 0.05) is 11.6 Å². The third-order valence-electron chi connectivity index (χ3n) is 3.22. The molecule has 1 nitrogen and oxygen atoms in total. The van der Waals surface area contributed by atoms with Crippen molar-refractivity contribution >= 4 is 22.7 Å². The summed E-state index contributed by atoms with van der Waals surface area (Å²) < 4.78 is 0. The lowest BCUT2D eigenvalue weighted by Crippen LogP contribution is -3.00. The Morgan fingerprint density at radius 2 is 1.94 bits per heavy atom. The smallest absolute Gasteiger partial charge is 0.207 e. The average Bonchev–Trinajstić information content (AvgIpc) is 2.72. The standard InChI is InChI=1S/C14H13N.ClH/c1-2-10-9-15-13-8-7-11-5-3-4-6-12(11)14(10)13;/h3-10H,2H2,1H3;1H. The number of fused-ring (bicyclic) bond motifs is 3. The third-order valence-corrected chi connectivity index (χ3v) is 3.22. The summed E-state index contributed by atoms with van der Waals surface area (Å²) in [6.45, 7) is 2.24. The summed E-state index contributed by atoms with van der Waals surface area (Å²) in [5.74, 6) is 0.561. The van der Waals surface area contributed by atoms with E-state index in [4.69, 9.17) is 0 Å². The van der Waals surface area contributed by atoms with E-state index < -0.39 is 0 Å². The second kappa shape index (κ2) is 4.26. The summed E-state index contributed by atoms with van der Waals surface area (Å²) in [6, 6.07) is 13.0. The zero-order chi connectivity index (χ0) is 10.3. The maximum atomic E-state index is 3.37. The van der Waals surface area contributed by atoms with Crippen LogP contribution in [0, 0.1) is 0 Å². The van der Waals surface area contributed by atoms with Crippen LogP contribution in [0.5, 0.6) is 0 Å². The van der Waals surface area contributed by atoms with Crippen molar-refractivity contribution in [1.82, 2.24) is 0 Å². The Morgan fingerprint density at radius 1 is 1.12 bits per heavy atom. The van der Waals surface area contributed by atoms with E-state index in [1.165, 1.54) is 22.0 Å². The Labute approximate surface area is 102 Å². The van der Waals surface area contributed by atoms with E-state index in [1.54, 1.807) is 0 Å². The van der Waals surface area contributed by atoms with Crippen LogP contribution >= 0.6 is 0 Å². The molecular weight excluding hydrogens is 218 g/mol. The molecule has 1 heterocycles. The molecule has 1 unspecified atom stereocenters. The molecule has 2 aromatic carbocycles. The van der Waals surface area contributed by atoms with Crippen molar-refractivity contribution in [3.8, 4) is 0 Å². The van der Waals surface area contributed by atoms with Crippen LogP contribution in [0.25, 0.3) is 10.8 Å².